The Kier molecular flexibility index (Phi) is 5.68. The van der Waals surface area contributed by atoms with Crippen LogP contribution in [0.4, 0.5) is 5.82 Å². The first kappa shape index (κ1) is 16.2. The van der Waals surface area contributed by atoms with E-state index in [-0.39, 0.29) is 12.1 Å². The fraction of sp³-hybridized carbons (Fsp3) is 0.714. The molecule has 0 unspecified atom stereocenters. The highest BCUT2D eigenvalue weighted by Gasteiger charge is 2.14. The summed E-state index contributed by atoms with van der Waals surface area (Å²) in [6, 6.07) is 2.63. The summed E-state index contributed by atoms with van der Waals surface area (Å²) in [4.78, 5) is 0. The summed E-state index contributed by atoms with van der Waals surface area (Å²) in [5, 5.41) is 23.8. The van der Waals surface area contributed by atoms with Gasteiger partial charge in [0.05, 0.1) is 6.20 Å². The second kappa shape index (κ2) is 7.04. The minimum Gasteiger partial charge on any atom is -0.273 e. The Labute approximate surface area is 121 Å². The minimum absolute atomic E-state index is 0.255. The van der Waals surface area contributed by atoms with Gasteiger partial charge in [-0.2, -0.15) is 10.4 Å². The van der Waals surface area contributed by atoms with E-state index in [0.29, 0.717) is 17.3 Å². The zero-order chi connectivity index (χ0) is 15.3. The Balaban J connectivity index is 3.06. The molecule has 0 bridgehead atoms. The van der Waals surface area contributed by atoms with Crippen LogP contribution < -0.4 is 0 Å². The average molecular weight is 276 g/mol. The number of rotatable bonds is 6. The van der Waals surface area contributed by atoms with Crippen molar-refractivity contribution >= 4 is 5.82 Å². The number of hydrogen-bond donors (Lipinski definition) is 0. The number of hydrogen-bond acceptors (Lipinski definition) is 4. The number of nitriles is 1. The van der Waals surface area contributed by atoms with Gasteiger partial charge in [0.1, 0.15) is 11.6 Å². The third kappa shape index (κ3) is 4.05. The standard InChI is InChI=1S/C14H24N6/c1-10(2)9-19-14(13(7-15)8-16-19)17-18-20(11(3)4)12(5)6/h8,10-12H,9H2,1-6H3/b18-17+. The van der Waals surface area contributed by atoms with Crippen molar-refractivity contribution in [1.29, 1.82) is 5.26 Å². The number of aromatic nitrogens is 2. The third-order valence-corrected chi connectivity index (χ3v) is 2.77. The van der Waals surface area contributed by atoms with Gasteiger partial charge in [0.2, 0.25) is 0 Å². The minimum atomic E-state index is 0.255. The molecule has 0 spiro atoms. The number of nitrogens with zero attached hydrogens (tertiary/aromatic N) is 6. The first-order valence-corrected chi connectivity index (χ1v) is 7.02. The van der Waals surface area contributed by atoms with Crippen LogP contribution in [-0.2, 0) is 6.54 Å². The molecule has 0 aromatic carbocycles. The average Bonchev–Trinajstić information content (AvgIpc) is 2.70. The molecule has 0 fully saturated rings. The highest BCUT2D eigenvalue weighted by molar-refractivity contribution is 5.46. The summed E-state index contributed by atoms with van der Waals surface area (Å²) in [5.41, 5.74) is 0.460. The van der Waals surface area contributed by atoms with Gasteiger partial charge in [-0.15, -0.1) is 5.11 Å². The Bertz CT molecular complexity index is 484. The molecule has 0 atom stereocenters. The molecule has 110 valence electrons. The summed E-state index contributed by atoms with van der Waals surface area (Å²) in [5.74, 6) is 0.967. The zero-order valence-corrected chi connectivity index (χ0v) is 13.2. The van der Waals surface area contributed by atoms with Gasteiger partial charge >= 0.3 is 0 Å². The topological polar surface area (TPSA) is 69.6 Å². The van der Waals surface area contributed by atoms with E-state index in [1.165, 1.54) is 0 Å². The van der Waals surface area contributed by atoms with Crippen molar-refractivity contribution in [3.63, 3.8) is 0 Å². The first-order valence-electron chi connectivity index (χ1n) is 7.02. The monoisotopic (exact) mass is 276 g/mol. The molecule has 20 heavy (non-hydrogen) atoms. The van der Waals surface area contributed by atoms with Gasteiger partial charge < -0.3 is 0 Å². The van der Waals surface area contributed by atoms with Crippen LogP contribution >= 0.6 is 0 Å². The second-order valence-electron chi connectivity index (χ2n) is 5.83. The quantitative estimate of drug-likeness (QED) is 0.589. The van der Waals surface area contributed by atoms with Gasteiger partial charge in [-0.25, -0.2) is 4.68 Å². The van der Waals surface area contributed by atoms with Crippen molar-refractivity contribution in [2.24, 2.45) is 16.3 Å². The zero-order valence-electron chi connectivity index (χ0n) is 13.2. The molecule has 0 aliphatic rings. The van der Waals surface area contributed by atoms with Crippen molar-refractivity contribution in [3.05, 3.63) is 11.8 Å². The van der Waals surface area contributed by atoms with Gasteiger partial charge in [-0.3, -0.25) is 5.01 Å². The maximum Gasteiger partial charge on any atom is 0.192 e. The molecule has 6 nitrogen and oxygen atoms in total. The van der Waals surface area contributed by atoms with E-state index in [9.17, 15) is 0 Å². The fourth-order valence-corrected chi connectivity index (χ4v) is 1.94. The van der Waals surface area contributed by atoms with E-state index < -0.39 is 0 Å². The molecule has 0 saturated carbocycles. The smallest absolute Gasteiger partial charge is 0.192 e. The summed E-state index contributed by atoms with van der Waals surface area (Å²) in [7, 11) is 0. The maximum atomic E-state index is 9.13. The van der Waals surface area contributed by atoms with Crippen LogP contribution in [0.2, 0.25) is 0 Å². The highest BCUT2D eigenvalue weighted by Crippen LogP contribution is 2.21. The molecule has 1 aromatic rings. The predicted octanol–water partition coefficient (Wildman–Crippen LogP) is 3.53. The summed E-state index contributed by atoms with van der Waals surface area (Å²) >= 11 is 0. The van der Waals surface area contributed by atoms with Crippen molar-refractivity contribution in [2.75, 3.05) is 0 Å². The van der Waals surface area contributed by atoms with Gasteiger partial charge in [0, 0.05) is 18.6 Å². The molecule has 0 radical (unpaired) electrons. The molecular weight excluding hydrogens is 252 g/mol. The van der Waals surface area contributed by atoms with Crippen LogP contribution in [0.25, 0.3) is 0 Å². The van der Waals surface area contributed by atoms with E-state index in [2.05, 4.69) is 63.0 Å². The highest BCUT2D eigenvalue weighted by atomic mass is 15.6. The van der Waals surface area contributed by atoms with Crippen molar-refractivity contribution in [2.45, 2.75) is 60.2 Å². The lowest BCUT2D eigenvalue weighted by Crippen LogP contribution is -2.31. The SMILES string of the molecule is CC(C)Cn1ncc(C#N)c1/N=N/N(C(C)C)C(C)C. The van der Waals surface area contributed by atoms with Gasteiger partial charge in [0.15, 0.2) is 5.82 Å². The van der Waals surface area contributed by atoms with Gasteiger partial charge in [0.25, 0.3) is 0 Å². The van der Waals surface area contributed by atoms with Crippen LogP contribution in [0.1, 0.15) is 47.1 Å². The largest absolute Gasteiger partial charge is 0.273 e. The lowest BCUT2D eigenvalue weighted by molar-refractivity contribution is 0.169. The Morgan fingerprint density at radius 3 is 2.30 bits per heavy atom. The lowest BCUT2D eigenvalue weighted by Gasteiger charge is -2.25. The molecule has 0 aliphatic carbocycles. The molecule has 0 aliphatic heterocycles. The molecule has 0 amide bonds. The van der Waals surface area contributed by atoms with Crippen LogP contribution in [-0.4, -0.2) is 26.9 Å². The molecule has 0 N–H and O–H groups in total. The van der Waals surface area contributed by atoms with E-state index >= 15 is 0 Å². The Morgan fingerprint density at radius 2 is 1.85 bits per heavy atom. The second-order valence-corrected chi connectivity index (χ2v) is 5.83. The molecule has 1 aromatic heterocycles. The lowest BCUT2D eigenvalue weighted by atomic mass is 10.2. The summed E-state index contributed by atoms with van der Waals surface area (Å²) in [6.45, 7) is 13.2. The molecule has 1 rings (SSSR count). The Hall–Kier alpha value is -1.90. The van der Waals surface area contributed by atoms with Crippen molar-refractivity contribution < 1.29 is 0 Å². The van der Waals surface area contributed by atoms with Crippen LogP contribution in [0.3, 0.4) is 0 Å². The molecule has 0 saturated heterocycles. The third-order valence-electron chi connectivity index (χ3n) is 2.77. The summed E-state index contributed by atoms with van der Waals surface area (Å²) in [6.07, 6.45) is 1.55. The van der Waals surface area contributed by atoms with Gasteiger partial charge in [-0.05, 0) is 33.6 Å². The first-order chi connectivity index (χ1) is 9.36. The Morgan fingerprint density at radius 1 is 1.25 bits per heavy atom. The normalized spacial score (nSPS) is 11.8. The van der Waals surface area contributed by atoms with Gasteiger partial charge in [-0.1, -0.05) is 19.1 Å². The fourth-order valence-electron chi connectivity index (χ4n) is 1.94. The van der Waals surface area contributed by atoms with Crippen LogP contribution in [0.5, 0.6) is 0 Å². The van der Waals surface area contributed by atoms with Crippen LogP contribution in [0.15, 0.2) is 16.5 Å². The van der Waals surface area contributed by atoms with Crippen molar-refractivity contribution in [1.82, 2.24) is 14.8 Å². The van der Waals surface area contributed by atoms with E-state index in [0.717, 1.165) is 6.54 Å². The maximum absolute atomic E-state index is 9.13. The van der Waals surface area contributed by atoms with E-state index in [1.54, 1.807) is 10.9 Å². The van der Waals surface area contributed by atoms with E-state index in [4.69, 9.17) is 5.26 Å². The van der Waals surface area contributed by atoms with Crippen molar-refractivity contribution in [3.8, 4) is 6.07 Å². The summed E-state index contributed by atoms with van der Waals surface area (Å²) < 4.78 is 1.74. The molecule has 1 heterocycles. The van der Waals surface area contributed by atoms with Crippen LogP contribution in [0, 0.1) is 17.2 Å². The predicted molar refractivity (Wildman–Crippen MR) is 78.4 cm³/mol. The van der Waals surface area contributed by atoms with E-state index in [1.807, 2.05) is 5.01 Å². The molecule has 6 heteroatoms. The molecular formula is C14H24N6.